The minimum Gasteiger partial charge on any atom is -0.393 e. The second-order valence-electron chi connectivity index (χ2n) is 4.32. The van der Waals surface area contributed by atoms with Gasteiger partial charge in [0, 0.05) is 11.3 Å². The Hall–Kier alpha value is -0.290. The molecule has 3 N–H and O–H groups in total. The van der Waals surface area contributed by atoms with Crippen LogP contribution in [0.4, 0.5) is 0 Å². The minimum atomic E-state index is -0.311. The first kappa shape index (κ1) is 13.8. The third-order valence-electron chi connectivity index (χ3n) is 3.35. The van der Waals surface area contributed by atoms with Crippen LogP contribution in [0.25, 0.3) is 0 Å². The molecule has 1 aliphatic rings. The molecule has 16 heavy (non-hydrogen) atoms. The van der Waals surface area contributed by atoms with Crippen molar-refractivity contribution in [2.45, 2.75) is 37.4 Å². The lowest BCUT2D eigenvalue weighted by atomic mass is 9.84. The quantitative estimate of drug-likeness (QED) is 0.714. The molecule has 0 aliphatic heterocycles. The Labute approximate surface area is 107 Å². The Morgan fingerprint density at radius 2 is 2.25 bits per heavy atom. The van der Waals surface area contributed by atoms with Crippen molar-refractivity contribution < 1.29 is 4.79 Å². The minimum absolute atomic E-state index is 0.0182. The van der Waals surface area contributed by atoms with Gasteiger partial charge in [-0.05, 0) is 25.5 Å². The molecule has 0 aromatic rings. The van der Waals surface area contributed by atoms with Gasteiger partial charge in [-0.2, -0.15) is 11.8 Å². The van der Waals surface area contributed by atoms with E-state index in [1.54, 1.807) is 0 Å². The maximum Gasteiger partial charge on any atom is 0.229 e. The average molecular weight is 260 g/mol. The van der Waals surface area contributed by atoms with Crippen molar-refractivity contribution in [1.29, 1.82) is 0 Å². The number of carbonyl (C=O) groups is 1. The number of rotatable bonds is 6. The normalized spacial score (nSPS) is 19.6. The SMILES string of the molecule is CCC(C(=O)NCC1(SC)CCC1)C(N)=S. The van der Waals surface area contributed by atoms with E-state index in [2.05, 4.69) is 11.6 Å². The molecule has 0 radical (unpaired) electrons. The van der Waals surface area contributed by atoms with E-state index >= 15 is 0 Å². The van der Waals surface area contributed by atoms with Gasteiger partial charge in [-0.3, -0.25) is 4.79 Å². The van der Waals surface area contributed by atoms with E-state index < -0.39 is 0 Å². The lowest BCUT2D eigenvalue weighted by molar-refractivity contribution is -0.123. The molecule has 5 heteroatoms. The summed E-state index contributed by atoms with van der Waals surface area (Å²) in [6, 6.07) is 0. The van der Waals surface area contributed by atoms with Crippen molar-refractivity contribution in [3.63, 3.8) is 0 Å². The first-order valence-corrected chi connectivity index (χ1v) is 7.30. The molecule has 1 unspecified atom stereocenters. The number of thiocarbonyl (C=S) groups is 1. The van der Waals surface area contributed by atoms with Crippen molar-refractivity contribution in [2.24, 2.45) is 11.7 Å². The van der Waals surface area contributed by atoms with Gasteiger partial charge in [-0.15, -0.1) is 0 Å². The number of nitrogens with one attached hydrogen (secondary N) is 1. The van der Waals surface area contributed by atoms with Gasteiger partial charge in [0.05, 0.1) is 10.9 Å². The number of thioether (sulfide) groups is 1. The summed E-state index contributed by atoms with van der Waals surface area (Å²) in [4.78, 5) is 12.1. The summed E-state index contributed by atoms with van der Waals surface area (Å²) < 4.78 is 0.268. The fourth-order valence-corrected chi connectivity index (χ4v) is 3.10. The van der Waals surface area contributed by atoms with Crippen molar-refractivity contribution in [3.05, 3.63) is 0 Å². The maximum absolute atomic E-state index is 11.8. The molecule has 1 saturated carbocycles. The average Bonchev–Trinajstić information content (AvgIpc) is 2.17. The number of hydrogen-bond donors (Lipinski definition) is 2. The summed E-state index contributed by atoms with van der Waals surface area (Å²) in [5.74, 6) is -0.329. The zero-order chi connectivity index (χ0) is 12.2. The standard InChI is InChI=1S/C11H20N2OS2/c1-3-8(9(12)15)10(14)13-7-11(16-2)5-4-6-11/h8H,3-7H2,1-2H3,(H2,12,15)(H,13,14). The second kappa shape index (κ2) is 5.87. The third-order valence-corrected chi connectivity index (χ3v) is 5.05. The summed E-state index contributed by atoms with van der Waals surface area (Å²) in [5.41, 5.74) is 5.53. The van der Waals surface area contributed by atoms with E-state index in [1.165, 1.54) is 19.3 Å². The van der Waals surface area contributed by atoms with E-state index in [0.717, 1.165) is 6.54 Å². The van der Waals surface area contributed by atoms with Crippen LogP contribution < -0.4 is 11.1 Å². The highest BCUT2D eigenvalue weighted by Crippen LogP contribution is 2.42. The summed E-state index contributed by atoms with van der Waals surface area (Å²) in [5, 5.41) is 2.98. The fourth-order valence-electron chi connectivity index (χ4n) is 1.91. The van der Waals surface area contributed by atoms with Crippen molar-refractivity contribution in [3.8, 4) is 0 Å². The molecular formula is C11H20N2OS2. The highest BCUT2D eigenvalue weighted by Gasteiger charge is 2.36. The van der Waals surface area contributed by atoms with Gasteiger partial charge in [-0.25, -0.2) is 0 Å². The highest BCUT2D eigenvalue weighted by molar-refractivity contribution is 8.00. The topological polar surface area (TPSA) is 55.1 Å². The van der Waals surface area contributed by atoms with Crippen LogP contribution >= 0.6 is 24.0 Å². The molecule has 0 aromatic heterocycles. The first-order chi connectivity index (χ1) is 7.54. The Morgan fingerprint density at radius 1 is 1.62 bits per heavy atom. The number of amides is 1. The van der Waals surface area contributed by atoms with Crippen LogP contribution in [0.3, 0.4) is 0 Å². The second-order valence-corrected chi connectivity index (χ2v) is 6.07. The molecule has 0 saturated heterocycles. The molecule has 92 valence electrons. The Kier molecular flexibility index (Phi) is 5.05. The Bertz CT molecular complexity index is 272. The zero-order valence-corrected chi connectivity index (χ0v) is 11.5. The highest BCUT2D eigenvalue weighted by atomic mass is 32.2. The predicted octanol–water partition coefficient (Wildman–Crippen LogP) is 1.70. The van der Waals surface area contributed by atoms with Gasteiger partial charge in [0.2, 0.25) is 5.91 Å². The number of carbonyl (C=O) groups excluding carboxylic acids is 1. The van der Waals surface area contributed by atoms with Crippen LogP contribution in [0, 0.1) is 5.92 Å². The summed E-state index contributed by atoms with van der Waals surface area (Å²) in [7, 11) is 0. The van der Waals surface area contributed by atoms with Crippen LogP contribution in [0.15, 0.2) is 0 Å². The molecule has 1 fully saturated rings. The van der Waals surface area contributed by atoms with E-state index in [0.29, 0.717) is 11.4 Å². The zero-order valence-electron chi connectivity index (χ0n) is 9.91. The molecular weight excluding hydrogens is 240 g/mol. The monoisotopic (exact) mass is 260 g/mol. The molecule has 1 aliphatic carbocycles. The number of nitrogens with two attached hydrogens (primary N) is 1. The fraction of sp³-hybridized carbons (Fsp3) is 0.818. The Morgan fingerprint density at radius 3 is 2.56 bits per heavy atom. The van der Waals surface area contributed by atoms with Crippen molar-refractivity contribution in [1.82, 2.24) is 5.32 Å². The van der Waals surface area contributed by atoms with Crippen LogP contribution in [0.2, 0.25) is 0 Å². The van der Waals surface area contributed by atoms with Gasteiger partial charge in [-0.1, -0.05) is 25.6 Å². The van der Waals surface area contributed by atoms with E-state index in [4.69, 9.17) is 18.0 Å². The van der Waals surface area contributed by atoms with Crippen LogP contribution in [0.1, 0.15) is 32.6 Å². The van der Waals surface area contributed by atoms with Gasteiger partial charge < -0.3 is 11.1 Å². The summed E-state index contributed by atoms with van der Waals surface area (Å²) >= 11 is 6.73. The van der Waals surface area contributed by atoms with E-state index in [-0.39, 0.29) is 16.6 Å². The van der Waals surface area contributed by atoms with Crippen LogP contribution in [0.5, 0.6) is 0 Å². The molecule has 0 bridgehead atoms. The Balaban J connectivity index is 2.42. The van der Waals surface area contributed by atoms with Gasteiger partial charge in [0.15, 0.2) is 0 Å². The molecule has 1 rings (SSSR count). The lowest BCUT2D eigenvalue weighted by Crippen LogP contribution is -2.48. The van der Waals surface area contributed by atoms with Crippen molar-refractivity contribution >= 4 is 34.9 Å². The predicted molar refractivity (Wildman–Crippen MR) is 73.7 cm³/mol. The molecule has 1 atom stereocenters. The largest absolute Gasteiger partial charge is 0.393 e. The molecule has 0 heterocycles. The smallest absolute Gasteiger partial charge is 0.229 e. The van der Waals surface area contributed by atoms with Crippen LogP contribution in [-0.4, -0.2) is 28.4 Å². The molecule has 0 aromatic carbocycles. The summed E-state index contributed by atoms with van der Waals surface area (Å²) in [6.07, 6.45) is 6.43. The van der Waals surface area contributed by atoms with Gasteiger partial charge in [0.25, 0.3) is 0 Å². The lowest BCUT2D eigenvalue weighted by Gasteiger charge is -2.40. The number of hydrogen-bond acceptors (Lipinski definition) is 3. The van der Waals surface area contributed by atoms with E-state index in [1.807, 2.05) is 18.7 Å². The van der Waals surface area contributed by atoms with E-state index in [9.17, 15) is 4.79 Å². The first-order valence-electron chi connectivity index (χ1n) is 5.67. The van der Waals surface area contributed by atoms with Crippen LogP contribution in [-0.2, 0) is 4.79 Å². The summed E-state index contributed by atoms with van der Waals surface area (Å²) in [6.45, 7) is 2.67. The van der Waals surface area contributed by atoms with Crippen molar-refractivity contribution in [2.75, 3.05) is 12.8 Å². The molecule has 1 amide bonds. The maximum atomic E-state index is 11.8. The third kappa shape index (κ3) is 3.10. The van der Waals surface area contributed by atoms with Gasteiger partial charge >= 0.3 is 0 Å². The molecule has 0 spiro atoms. The molecule has 3 nitrogen and oxygen atoms in total. The van der Waals surface area contributed by atoms with Gasteiger partial charge in [0.1, 0.15) is 0 Å².